The number of aromatic nitrogens is 2. The number of fused-ring (bicyclic) bond motifs is 1. The second-order valence-corrected chi connectivity index (χ2v) is 10.2. The van der Waals surface area contributed by atoms with E-state index in [1.54, 1.807) is 0 Å². The van der Waals surface area contributed by atoms with Crippen LogP contribution in [-0.2, 0) is 13.0 Å². The van der Waals surface area contributed by atoms with Gasteiger partial charge in [0, 0.05) is 25.1 Å². The van der Waals surface area contributed by atoms with E-state index in [0.717, 1.165) is 55.4 Å². The van der Waals surface area contributed by atoms with E-state index in [1.165, 1.54) is 75.5 Å². The van der Waals surface area contributed by atoms with E-state index in [4.69, 9.17) is 4.98 Å². The lowest BCUT2D eigenvalue weighted by molar-refractivity contribution is 0.0952. The third-order valence-electron chi connectivity index (χ3n) is 7.22. The largest absolute Gasteiger partial charge is 0.352 e. The molecule has 0 aliphatic rings. The van der Waals surface area contributed by atoms with Gasteiger partial charge in [-0.3, -0.25) is 4.79 Å². The molecule has 1 heterocycles. The molecule has 0 aliphatic heterocycles. The summed E-state index contributed by atoms with van der Waals surface area (Å²) >= 11 is 0. The Morgan fingerprint density at radius 1 is 0.778 bits per heavy atom. The van der Waals surface area contributed by atoms with E-state index >= 15 is 0 Å². The molecule has 0 aliphatic carbocycles. The van der Waals surface area contributed by atoms with Gasteiger partial charge in [-0.1, -0.05) is 101 Å². The van der Waals surface area contributed by atoms with Crippen LogP contribution in [0.15, 0.2) is 48.5 Å². The van der Waals surface area contributed by atoms with Crippen molar-refractivity contribution in [2.75, 3.05) is 6.54 Å². The summed E-state index contributed by atoms with van der Waals surface area (Å²) in [5.74, 6) is 1.25. The van der Waals surface area contributed by atoms with Crippen LogP contribution in [0.4, 0.5) is 0 Å². The minimum Gasteiger partial charge on any atom is -0.352 e. The summed E-state index contributed by atoms with van der Waals surface area (Å²) in [5.41, 5.74) is 4.19. The topological polar surface area (TPSA) is 46.9 Å². The number of aryl methyl sites for hydroxylation is 3. The van der Waals surface area contributed by atoms with Gasteiger partial charge in [0.2, 0.25) is 0 Å². The third-order valence-corrected chi connectivity index (χ3v) is 7.22. The molecule has 4 nitrogen and oxygen atoms in total. The van der Waals surface area contributed by atoms with Crippen LogP contribution in [0.2, 0.25) is 0 Å². The van der Waals surface area contributed by atoms with E-state index in [-0.39, 0.29) is 5.91 Å². The predicted octanol–water partition coefficient (Wildman–Crippen LogP) is 8.41. The molecule has 0 unspecified atom stereocenters. The number of hydrogen-bond donors (Lipinski definition) is 1. The van der Waals surface area contributed by atoms with Gasteiger partial charge < -0.3 is 9.88 Å². The SMILES string of the molecule is CCCCCCCCCCCCn1c(CCCCCNC(=O)c2ccccc2C)nc2ccccc21. The van der Waals surface area contributed by atoms with Gasteiger partial charge in [0.1, 0.15) is 5.82 Å². The number of nitrogens with one attached hydrogen (secondary N) is 1. The van der Waals surface area contributed by atoms with Crippen molar-refractivity contribution in [3.8, 4) is 0 Å². The number of rotatable bonds is 18. The lowest BCUT2D eigenvalue weighted by Crippen LogP contribution is -2.25. The molecule has 1 aromatic heterocycles. The standard InChI is InChI=1S/C32H47N3O/c1-3-4-5-6-7-8-9-10-11-19-26-35-30-23-17-16-22-29(30)34-31(35)24-13-12-18-25-33-32(36)28-21-15-14-20-27(28)2/h14-17,20-23H,3-13,18-19,24-26H2,1-2H3,(H,33,36). The molecule has 0 spiro atoms. The molecule has 0 atom stereocenters. The summed E-state index contributed by atoms with van der Waals surface area (Å²) in [7, 11) is 0. The van der Waals surface area contributed by atoms with Crippen LogP contribution in [0.5, 0.6) is 0 Å². The Bertz CT molecular complexity index is 1040. The molecule has 0 radical (unpaired) electrons. The molecule has 3 rings (SSSR count). The van der Waals surface area contributed by atoms with Crippen molar-refractivity contribution in [2.24, 2.45) is 0 Å². The third kappa shape index (κ3) is 9.11. The summed E-state index contributed by atoms with van der Waals surface area (Å²) in [6.07, 6.45) is 17.8. The Balaban J connectivity index is 1.37. The van der Waals surface area contributed by atoms with Gasteiger partial charge in [0.15, 0.2) is 0 Å². The number of imidazole rings is 1. The molecule has 0 saturated heterocycles. The molecule has 1 amide bonds. The lowest BCUT2D eigenvalue weighted by Gasteiger charge is -2.10. The second-order valence-electron chi connectivity index (χ2n) is 10.2. The minimum atomic E-state index is 0.0337. The average Bonchev–Trinajstić information content (AvgIpc) is 3.24. The summed E-state index contributed by atoms with van der Waals surface area (Å²) in [6, 6.07) is 16.3. The van der Waals surface area contributed by atoms with Crippen LogP contribution in [0.3, 0.4) is 0 Å². The predicted molar refractivity (Wildman–Crippen MR) is 153 cm³/mol. The van der Waals surface area contributed by atoms with Crippen molar-refractivity contribution >= 4 is 16.9 Å². The Morgan fingerprint density at radius 2 is 1.42 bits per heavy atom. The van der Waals surface area contributed by atoms with E-state index in [0.29, 0.717) is 0 Å². The van der Waals surface area contributed by atoms with E-state index in [1.807, 2.05) is 31.2 Å². The highest BCUT2D eigenvalue weighted by atomic mass is 16.1. The van der Waals surface area contributed by atoms with Gasteiger partial charge in [0.05, 0.1) is 11.0 Å². The fraction of sp³-hybridized carbons (Fsp3) is 0.562. The van der Waals surface area contributed by atoms with Crippen molar-refractivity contribution < 1.29 is 4.79 Å². The van der Waals surface area contributed by atoms with Crippen molar-refractivity contribution in [1.82, 2.24) is 14.9 Å². The van der Waals surface area contributed by atoms with Crippen molar-refractivity contribution in [3.63, 3.8) is 0 Å². The Morgan fingerprint density at radius 3 is 2.17 bits per heavy atom. The molecule has 0 saturated carbocycles. The number of amides is 1. The van der Waals surface area contributed by atoms with E-state index < -0.39 is 0 Å². The second kappa shape index (κ2) is 16.2. The van der Waals surface area contributed by atoms with Crippen LogP contribution in [-0.4, -0.2) is 22.0 Å². The van der Waals surface area contributed by atoms with Gasteiger partial charge in [-0.25, -0.2) is 4.98 Å². The number of benzene rings is 2. The Kier molecular flexibility index (Phi) is 12.6. The van der Waals surface area contributed by atoms with Crippen molar-refractivity contribution in [2.45, 2.75) is 110 Å². The van der Waals surface area contributed by atoms with Gasteiger partial charge in [-0.05, 0) is 49.9 Å². The summed E-state index contributed by atoms with van der Waals surface area (Å²) < 4.78 is 2.46. The maximum Gasteiger partial charge on any atom is 0.251 e. The number of carbonyl (C=O) groups is 1. The number of nitrogens with zero attached hydrogens (tertiary/aromatic N) is 2. The van der Waals surface area contributed by atoms with Crippen LogP contribution in [0.1, 0.15) is 112 Å². The van der Waals surface area contributed by atoms with Gasteiger partial charge in [0.25, 0.3) is 5.91 Å². The molecular formula is C32H47N3O. The highest BCUT2D eigenvalue weighted by molar-refractivity contribution is 5.95. The number of carbonyl (C=O) groups excluding carboxylic acids is 1. The molecule has 3 aromatic rings. The fourth-order valence-electron chi connectivity index (χ4n) is 5.03. The lowest BCUT2D eigenvalue weighted by atomic mass is 10.1. The Labute approximate surface area is 218 Å². The quantitative estimate of drug-likeness (QED) is 0.182. The summed E-state index contributed by atoms with van der Waals surface area (Å²) in [5, 5.41) is 3.07. The summed E-state index contributed by atoms with van der Waals surface area (Å²) in [6.45, 7) is 6.06. The van der Waals surface area contributed by atoms with Crippen LogP contribution >= 0.6 is 0 Å². The number of unbranched alkanes of at least 4 members (excludes halogenated alkanes) is 11. The van der Waals surface area contributed by atoms with E-state index in [2.05, 4.69) is 41.1 Å². The van der Waals surface area contributed by atoms with Gasteiger partial charge >= 0.3 is 0 Å². The van der Waals surface area contributed by atoms with Crippen LogP contribution in [0.25, 0.3) is 11.0 Å². The minimum absolute atomic E-state index is 0.0337. The van der Waals surface area contributed by atoms with Gasteiger partial charge in [-0.15, -0.1) is 0 Å². The zero-order chi connectivity index (χ0) is 25.4. The monoisotopic (exact) mass is 489 g/mol. The molecule has 0 fully saturated rings. The zero-order valence-corrected chi connectivity index (χ0v) is 22.7. The molecule has 36 heavy (non-hydrogen) atoms. The number of hydrogen-bond acceptors (Lipinski definition) is 2. The highest BCUT2D eigenvalue weighted by Gasteiger charge is 2.10. The Hall–Kier alpha value is -2.62. The molecule has 196 valence electrons. The van der Waals surface area contributed by atoms with E-state index in [9.17, 15) is 4.79 Å². The smallest absolute Gasteiger partial charge is 0.251 e. The fourth-order valence-corrected chi connectivity index (χ4v) is 5.03. The molecule has 1 N–H and O–H groups in total. The normalized spacial score (nSPS) is 11.3. The maximum absolute atomic E-state index is 12.4. The maximum atomic E-state index is 12.4. The van der Waals surface area contributed by atoms with Crippen LogP contribution in [0, 0.1) is 6.92 Å². The summed E-state index contributed by atoms with van der Waals surface area (Å²) in [4.78, 5) is 17.3. The molecule has 4 heteroatoms. The van der Waals surface area contributed by atoms with Gasteiger partial charge in [-0.2, -0.15) is 0 Å². The first kappa shape index (κ1) is 28.0. The molecular weight excluding hydrogens is 442 g/mol. The first-order valence-corrected chi connectivity index (χ1v) is 14.5. The zero-order valence-electron chi connectivity index (χ0n) is 22.7. The number of para-hydroxylation sites is 2. The van der Waals surface area contributed by atoms with Crippen molar-refractivity contribution in [1.29, 1.82) is 0 Å². The first-order chi connectivity index (χ1) is 17.7. The molecule has 0 bridgehead atoms. The average molecular weight is 490 g/mol. The molecule has 2 aromatic carbocycles. The first-order valence-electron chi connectivity index (χ1n) is 14.5. The highest BCUT2D eigenvalue weighted by Crippen LogP contribution is 2.20. The van der Waals surface area contributed by atoms with Crippen LogP contribution < -0.4 is 5.32 Å². The van der Waals surface area contributed by atoms with Crippen molar-refractivity contribution in [3.05, 3.63) is 65.5 Å².